The van der Waals surface area contributed by atoms with E-state index in [1.807, 2.05) is 92.7 Å². The van der Waals surface area contributed by atoms with Crippen LogP contribution in [0, 0.1) is 6.92 Å². The molecule has 0 bridgehead atoms. The molecule has 0 saturated carbocycles. The van der Waals surface area contributed by atoms with E-state index in [4.69, 9.17) is 14.8 Å². The van der Waals surface area contributed by atoms with Crippen molar-refractivity contribution < 1.29 is 9.53 Å². The molecule has 7 heteroatoms. The Labute approximate surface area is 198 Å². The predicted molar refractivity (Wildman–Crippen MR) is 133 cm³/mol. The molecule has 34 heavy (non-hydrogen) atoms. The molecule has 1 amide bonds. The molecule has 1 aromatic heterocycles. The quantitative estimate of drug-likeness (QED) is 0.436. The molecule has 0 aliphatic carbocycles. The minimum atomic E-state index is -0.446. The number of anilines is 2. The number of methoxy groups -OCH3 is 1. The summed E-state index contributed by atoms with van der Waals surface area (Å²) in [5.41, 5.74) is 4.91. The monoisotopic (exact) mass is 451 g/mol. The molecular formula is C27H25N5O2. The average Bonchev–Trinajstić information content (AvgIpc) is 3.28. The minimum absolute atomic E-state index is 0.235. The number of allylic oxidation sites excluding steroid dienone is 1. The highest BCUT2D eigenvalue weighted by molar-refractivity contribution is 6.06. The van der Waals surface area contributed by atoms with Crippen molar-refractivity contribution in [1.82, 2.24) is 14.8 Å². The van der Waals surface area contributed by atoms with Gasteiger partial charge in [0.1, 0.15) is 11.8 Å². The first-order valence-corrected chi connectivity index (χ1v) is 11.1. The van der Waals surface area contributed by atoms with E-state index in [0.717, 1.165) is 16.8 Å². The van der Waals surface area contributed by atoms with Gasteiger partial charge < -0.3 is 15.4 Å². The zero-order valence-corrected chi connectivity index (χ0v) is 19.2. The lowest BCUT2D eigenvalue weighted by Crippen LogP contribution is -2.31. The lowest BCUT2D eigenvalue weighted by Gasteiger charge is -2.28. The Hall–Kier alpha value is -4.39. The van der Waals surface area contributed by atoms with Crippen LogP contribution in [-0.4, -0.2) is 27.8 Å². The maximum Gasteiger partial charge on any atom is 0.255 e. The van der Waals surface area contributed by atoms with Crippen molar-refractivity contribution in [1.29, 1.82) is 0 Å². The second-order valence-corrected chi connectivity index (χ2v) is 8.20. The van der Waals surface area contributed by atoms with Crippen molar-refractivity contribution in [3.63, 3.8) is 0 Å². The van der Waals surface area contributed by atoms with E-state index in [0.29, 0.717) is 28.8 Å². The van der Waals surface area contributed by atoms with Gasteiger partial charge in [0.25, 0.3) is 5.91 Å². The molecule has 0 radical (unpaired) electrons. The molecule has 1 aliphatic heterocycles. The highest BCUT2D eigenvalue weighted by atomic mass is 16.5. The van der Waals surface area contributed by atoms with Crippen LogP contribution in [0.25, 0.3) is 11.4 Å². The molecule has 0 spiro atoms. The summed E-state index contributed by atoms with van der Waals surface area (Å²) in [4.78, 5) is 18.4. The molecule has 5 rings (SSSR count). The third kappa shape index (κ3) is 3.92. The Morgan fingerprint density at radius 2 is 1.68 bits per heavy atom. The molecule has 1 aliphatic rings. The van der Waals surface area contributed by atoms with Crippen LogP contribution in [0.1, 0.15) is 24.1 Å². The molecule has 3 aromatic carbocycles. The van der Waals surface area contributed by atoms with Crippen LogP contribution < -0.4 is 15.4 Å². The number of hydrogen-bond donors (Lipinski definition) is 2. The highest BCUT2D eigenvalue weighted by Crippen LogP contribution is 2.37. The van der Waals surface area contributed by atoms with Gasteiger partial charge >= 0.3 is 0 Å². The molecule has 2 N–H and O–H groups in total. The number of aromatic nitrogens is 3. The first kappa shape index (κ1) is 21.5. The Morgan fingerprint density at radius 3 is 2.41 bits per heavy atom. The zero-order valence-electron chi connectivity index (χ0n) is 19.2. The smallest absolute Gasteiger partial charge is 0.255 e. The third-order valence-electron chi connectivity index (χ3n) is 5.88. The number of fused-ring (bicyclic) bond motifs is 1. The van der Waals surface area contributed by atoms with Gasteiger partial charge in [0.2, 0.25) is 5.95 Å². The maximum absolute atomic E-state index is 13.6. The topological polar surface area (TPSA) is 81.1 Å². The molecule has 1 unspecified atom stereocenters. The highest BCUT2D eigenvalue weighted by Gasteiger charge is 2.34. The molecule has 4 aromatic rings. The average molecular weight is 452 g/mol. The SMILES string of the molecule is COc1ccccc1NC(=O)C1=C(C)Nc2nc(-c3ccc(C)cc3)nn2C1c1ccccc1. The van der Waals surface area contributed by atoms with Gasteiger partial charge in [-0.05, 0) is 31.5 Å². The number of amides is 1. The zero-order chi connectivity index (χ0) is 23.7. The standard InChI is InChI=1S/C27H25N5O2/c1-17-13-15-20(16-14-17)25-30-27-28-18(2)23(24(32(27)31-25)19-9-5-4-6-10-19)26(33)29-21-11-7-8-12-22(21)34-3/h4-16,24H,1-3H3,(H,29,33)(H,28,30,31). The van der Waals surface area contributed by atoms with Crippen LogP contribution in [0.4, 0.5) is 11.6 Å². The van der Waals surface area contributed by atoms with Crippen LogP contribution in [0.2, 0.25) is 0 Å². The number of aryl methyl sites for hydroxylation is 1. The Bertz CT molecular complexity index is 1370. The van der Waals surface area contributed by atoms with Crippen LogP contribution in [0.5, 0.6) is 5.75 Å². The summed E-state index contributed by atoms with van der Waals surface area (Å²) in [6.45, 7) is 3.93. The molecule has 2 heterocycles. The first-order valence-electron chi connectivity index (χ1n) is 11.1. The molecule has 0 saturated heterocycles. The normalized spacial score (nSPS) is 14.9. The van der Waals surface area contributed by atoms with Gasteiger partial charge in [-0.15, -0.1) is 5.10 Å². The predicted octanol–water partition coefficient (Wildman–Crippen LogP) is 5.19. The van der Waals surface area contributed by atoms with Crippen molar-refractivity contribution in [2.75, 3.05) is 17.7 Å². The van der Waals surface area contributed by atoms with Crippen molar-refractivity contribution in [3.05, 3.63) is 101 Å². The van der Waals surface area contributed by atoms with Crippen LogP contribution >= 0.6 is 0 Å². The van der Waals surface area contributed by atoms with E-state index < -0.39 is 6.04 Å². The fourth-order valence-electron chi connectivity index (χ4n) is 4.15. The summed E-state index contributed by atoms with van der Waals surface area (Å²) in [6.07, 6.45) is 0. The van der Waals surface area contributed by atoms with Crippen molar-refractivity contribution in [2.45, 2.75) is 19.9 Å². The van der Waals surface area contributed by atoms with E-state index in [-0.39, 0.29) is 5.91 Å². The number of para-hydroxylation sites is 2. The summed E-state index contributed by atoms with van der Waals surface area (Å²) in [7, 11) is 1.58. The second kappa shape index (κ2) is 8.86. The van der Waals surface area contributed by atoms with Crippen LogP contribution in [0.3, 0.4) is 0 Å². The lowest BCUT2D eigenvalue weighted by atomic mass is 9.95. The Balaban J connectivity index is 1.58. The van der Waals surface area contributed by atoms with Gasteiger partial charge in [-0.1, -0.05) is 72.3 Å². The van der Waals surface area contributed by atoms with Crippen molar-refractivity contribution >= 4 is 17.5 Å². The fourth-order valence-corrected chi connectivity index (χ4v) is 4.15. The number of nitrogens with zero attached hydrogens (tertiary/aromatic N) is 3. The summed E-state index contributed by atoms with van der Waals surface area (Å²) < 4.78 is 7.20. The number of carbonyl (C=O) groups excluding carboxylic acids is 1. The molecule has 7 nitrogen and oxygen atoms in total. The van der Waals surface area contributed by atoms with Crippen LogP contribution in [0.15, 0.2) is 90.1 Å². The molecule has 0 fully saturated rings. The van der Waals surface area contributed by atoms with Gasteiger partial charge in [-0.3, -0.25) is 4.79 Å². The maximum atomic E-state index is 13.6. The van der Waals surface area contributed by atoms with Crippen molar-refractivity contribution in [3.8, 4) is 17.1 Å². The molecule has 170 valence electrons. The van der Waals surface area contributed by atoms with E-state index in [2.05, 4.69) is 10.6 Å². The number of carbonyl (C=O) groups is 1. The molecule has 1 atom stereocenters. The van der Waals surface area contributed by atoms with Crippen molar-refractivity contribution in [2.24, 2.45) is 0 Å². The second-order valence-electron chi connectivity index (χ2n) is 8.20. The van der Waals surface area contributed by atoms with E-state index in [9.17, 15) is 4.79 Å². The van der Waals surface area contributed by atoms with Gasteiger partial charge in [-0.25, -0.2) is 4.68 Å². The first-order chi connectivity index (χ1) is 16.5. The Morgan fingerprint density at radius 1 is 0.971 bits per heavy atom. The van der Waals surface area contributed by atoms with Gasteiger partial charge in [-0.2, -0.15) is 4.98 Å². The van der Waals surface area contributed by atoms with E-state index in [1.54, 1.807) is 11.8 Å². The number of rotatable bonds is 5. The largest absolute Gasteiger partial charge is 0.495 e. The van der Waals surface area contributed by atoms with E-state index in [1.165, 1.54) is 5.56 Å². The number of hydrogen-bond acceptors (Lipinski definition) is 5. The number of benzene rings is 3. The van der Waals surface area contributed by atoms with Gasteiger partial charge in [0, 0.05) is 11.3 Å². The van der Waals surface area contributed by atoms with Gasteiger partial charge in [0.15, 0.2) is 5.82 Å². The lowest BCUT2D eigenvalue weighted by molar-refractivity contribution is -0.113. The summed E-state index contributed by atoms with van der Waals surface area (Å²) >= 11 is 0. The summed E-state index contributed by atoms with van der Waals surface area (Å²) in [6, 6.07) is 24.8. The summed E-state index contributed by atoms with van der Waals surface area (Å²) in [5.74, 6) is 1.55. The number of ether oxygens (including phenoxy) is 1. The summed E-state index contributed by atoms with van der Waals surface area (Å²) in [5, 5.41) is 11.1. The fraction of sp³-hybridized carbons (Fsp3) is 0.148. The minimum Gasteiger partial charge on any atom is -0.495 e. The van der Waals surface area contributed by atoms with Crippen LogP contribution in [-0.2, 0) is 4.79 Å². The van der Waals surface area contributed by atoms with E-state index >= 15 is 0 Å². The third-order valence-corrected chi connectivity index (χ3v) is 5.88. The number of nitrogens with one attached hydrogen (secondary N) is 2. The molecular weight excluding hydrogens is 426 g/mol. The Kier molecular flexibility index (Phi) is 5.59. The van der Waals surface area contributed by atoms with Gasteiger partial charge in [0.05, 0.1) is 18.4 Å².